The predicted octanol–water partition coefficient (Wildman–Crippen LogP) is 1.42. The summed E-state index contributed by atoms with van der Waals surface area (Å²) in [6.45, 7) is 2.86. The van der Waals surface area contributed by atoms with Crippen LogP contribution in [0.3, 0.4) is 0 Å². The van der Waals surface area contributed by atoms with E-state index in [-0.39, 0.29) is 24.3 Å². The average Bonchev–Trinajstić information content (AvgIpc) is 3.08. The zero-order valence-corrected chi connectivity index (χ0v) is 11.7. The van der Waals surface area contributed by atoms with E-state index in [0.29, 0.717) is 12.5 Å². The van der Waals surface area contributed by atoms with Crippen LogP contribution in [0.1, 0.15) is 24.9 Å². The monoisotopic (exact) mass is 289 g/mol. The molecular weight excluding hydrogens is 273 g/mol. The van der Waals surface area contributed by atoms with Crippen LogP contribution in [0.2, 0.25) is 0 Å². The van der Waals surface area contributed by atoms with Crippen LogP contribution in [0.25, 0.3) is 0 Å². The summed E-state index contributed by atoms with van der Waals surface area (Å²) in [4.78, 5) is 14.2. The summed E-state index contributed by atoms with van der Waals surface area (Å²) in [5.41, 5.74) is 0.838. The summed E-state index contributed by atoms with van der Waals surface area (Å²) < 4.78 is 14.8. The van der Waals surface area contributed by atoms with Crippen molar-refractivity contribution >= 4 is 5.91 Å². The fourth-order valence-electron chi connectivity index (χ4n) is 2.91. The molecule has 1 aromatic heterocycles. The molecule has 2 unspecified atom stereocenters. The number of tetrazole rings is 1. The molecule has 0 N–H and O–H groups in total. The lowest BCUT2D eigenvalue weighted by Crippen LogP contribution is -2.34. The first kappa shape index (κ1) is 13.7. The van der Waals surface area contributed by atoms with Gasteiger partial charge in [0.15, 0.2) is 0 Å². The summed E-state index contributed by atoms with van der Waals surface area (Å²) in [6.07, 6.45) is 2.32. The summed E-state index contributed by atoms with van der Waals surface area (Å²) in [5.74, 6) is -0.0370. The Morgan fingerprint density at radius 1 is 1.48 bits per heavy atom. The zero-order chi connectivity index (χ0) is 14.8. The lowest BCUT2D eigenvalue weighted by atomic mass is 9.95. The molecule has 0 saturated carbocycles. The lowest BCUT2D eigenvalue weighted by Gasteiger charge is -2.27. The summed E-state index contributed by atoms with van der Waals surface area (Å²) >= 11 is 0. The number of benzene rings is 1. The minimum Gasteiger partial charge on any atom is -0.334 e. The van der Waals surface area contributed by atoms with E-state index < -0.39 is 0 Å². The second-order valence-electron chi connectivity index (χ2n) is 5.36. The molecule has 0 aliphatic carbocycles. The standard InChI is InChI=1S/C14H16FN5O/c1-10-5-6-20(13(21)8-19-9-16-17-18-19)14(10)11-3-2-4-12(15)7-11/h2-4,7,9-10,14H,5-6,8H2,1H3. The number of carbonyl (C=O) groups is 1. The molecule has 1 aliphatic heterocycles. The number of rotatable bonds is 3. The van der Waals surface area contributed by atoms with E-state index in [2.05, 4.69) is 22.4 Å². The number of amides is 1. The van der Waals surface area contributed by atoms with Gasteiger partial charge in [-0.2, -0.15) is 0 Å². The molecule has 1 fully saturated rings. The van der Waals surface area contributed by atoms with Crippen LogP contribution >= 0.6 is 0 Å². The van der Waals surface area contributed by atoms with Gasteiger partial charge >= 0.3 is 0 Å². The fraction of sp³-hybridized carbons (Fsp3) is 0.429. The second kappa shape index (κ2) is 5.59. The van der Waals surface area contributed by atoms with Crippen LogP contribution in [-0.2, 0) is 11.3 Å². The second-order valence-corrected chi connectivity index (χ2v) is 5.36. The van der Waals surface area contributed by atoms with E-state index in [0.717, 1.165) is 12.0 Å². The molecule has 1 aliphatic rings. The molecule has 2 heterocycles. The highest BCUT2D eigenvalue weighted by atomic mass is 19.1. The Labute approximate surface area is 121 Å². The Hall–Kier alpha value is -2.31. The molecule has 7 heteroatoms. The molecule has 21 heavy (non-hydrogen) atoms. The van der Waals surface area contributed by atoms with Gasteiger partial charge < -0.3 is 4.90 Å². The average molecular weight is 289 g/mol. The number of hydrogen-bond donors (Lipinski definition) is 0. The van der Waals surface area contributed by atoms with Gasteiger partial charge in [-0.1, -0.05) is 19.1 Å². The number of carbonyl (C=O) groups excluding carboxylic acids is 1. The third-order valence-electron chi connectivity index (χ3n) is 3.90. The maximum atomic E-state index is 13.4. The molecule has 1 saturated heterocycles. The van der Waals surface area contributed by atoms with Crippen molar-refractivity contribution in [3.8, 4) is 0 Å². The van der Waals surface area contributed by atoms with E-state index in [9.17, 15) is 9.18 Å². The summed E-state index contributed by atoms with van der Waals surface area (Å²) in [5, 5.41) is 10.7. The van der Waals surface area contributed by atoms with Crippen LogP contribution in [0, 0.1) is 11.7 Å². The molecule has 3 rings (SSSR count). The highest BCUT2D eigenvalue weighted by molar-refractivity contribution is 5.76. The normalized spacial score (nSPS) is 21.7. The van der Waals surface area contributed by atoms with Crippen molar-refractivity contribution in [1.82, 2.24) is 25.1 Å². The highest BCUT2D eigenvalue weighted by Crippen LogP contribution is 2.37. The van der Waals surface area contributed by atoms with Gasteiger partial charge in [0, 0.05) is 6.54 Å². The first-order valence-corrected chi connectivity index (χ1v) is 6.91. The molecule has 6 nitrogen and oxygen atoms in total. The molecule has 0 radical (unpaired) electrons. The van der Waals surface area contributed by atoms with Crippen LogP contribution in [0.15, 0.2) is 30.6 Å². The Morgan fingerprint density at radius 2 is 2.33 bits per heavy atom. The van der Waals surface area contributed by atoms with Crippen LogP contribution in [0.5, 0.6) is 0 Å². The number of nitrogens with zero attached hydrogens (tertiary/aromatic N) is 5. The number of likely N-dealkylation sites (tertiary alicyclic amines) is 1. The van der Waals surface area contributed by atoms with Crippen molar-refractivity contribution in [1.29, 1.82) is 0 Å². The van der Waals surface area contributed by atoms with Gasteiger partial charge in [-0.25, -0.2) is 9.07 Å². The van der Waals surface area contributed by atoms with Gasteiger partial charge in [0.05, 0.1) is 6.04 Å². The van der Waals surface area contributed by atoms with Gasteiger partial charge in [-0.3, -0.25) is 4.79 Å². The Bertz CT molecular complexity index is 630. The predicted molar refractivity (Wildman–Crippen MR) is 72.5 cm³/mol. The van der Waals surface area contributed by atoms with Gasteiger partial charge in [-0.15, -0.1) is 5.10 Å². The molecule has 1 amide bonds. The molecule has 110 valence electrons. The minimum atomic E-state index is -0.278. The van der Waals surface area contributed by atoms with Crippen molar-refractivity contribution in [2.75, 3.05) is 6.54 Å². The van der Waals surface area contributed by atoms with Crippen LogP contribution in [-0.4, -0.2) is 37.6 Å². The van der Waals surface area contributed by atoms with E-state index in [1.54, 1.807) is 11.0 Å². The topological polar surface area (TPSA) is 63.9 Å². The molecule has 2 atom stereocenters. The maximum Gasteiger partial charge on any atom is 0.244 e. The van der Waals surface area contributed by atoms with Crippen LogP contribution < -0.4 is 0 Å². The van der Waals surface area contributed by atoms with Gasteiger partial charge in [-0.05, 0) is 40.5 Å². The van der Waals surface area contributed by atoms with Gasteiger partial charge in [0.1, 0.15) is 18.7 Å². The van der Waals surface area contributed by atoms with Crippen molar-refractivity contribution in [3.63, 3.8) is 0 Å². The largest absolute Gasteiger partial charge is 0.334 e. The minimum absolute atomic E-state index is 0.0547. The molecule has 0 bridgehead atoms. The highest BCUT2D eigenvalue weighted by Gasteiger charge is 2.35. The maximum absolute atomic E-state index is 13.4. The number of hydrogen-bond acceptors (Lipinski definition) is 4. The first-order valence-electron chi connectivity index (χ1n) is 6.91. The van der Waals surface area contributed by atoms with Crippen molar-refractivity contribution < 1.29 is 9.18 Å². The van der Waals surface area contributed by atoms with E-state index >= 15 is 0 Å². The zero-order valence-electron chi connectivity index (χ0n) is 11.7. The Balaban J connectivity index is 1.82. The Kier molecular flexibility index (Phi) is 3.64. The van der Waals surface area contributed by atoms with Crippen molar-refractivity contribution in [3.05, 3.63) is 42.0 Å². The van der Waals surface area contributed by atoms with Gasteiger partial charge in [0.2, 0.25) is 5.91 Å². The molecule has 1 aromatic carbocycles. The Morgan fingerprint density at radius 3 is 3.05 bits per heavy atom. The quantitative estimate of drug-likeness (QED) is 0.857. The smallest absolute Gasteiger partial charge is 0.244 e. The van der Waals surface area contributed by atoms with Gasteiger partial charge in [0.25, 0.3) is 0 Å². The third-order valence-corrected chi connectivity index (χ3v) is 3.90. The number of aromatic nitrogens is 4. The number of halogens is 1. The summed E-state index contributed by atoms with van der Waals surface area (Å²) in [6, 6.07) is 6.37. The third kappa shape index (κ3) is 2.76. The molecular formula is C14H16FN5O. The van der Waals surface area contributed by atoms with E-state index in [4.69, 9.17) is 0 Å². The first-order chi connectivity index (χ1) is 10.1. The van der Waals surface area contributed by atoms with E-state index in [1.165, 1.54) is 23.1 Å². The molecule has 0 spiro atoms. The SMILES string of the molecule is CC1CCN(C(=O)Cn2cnnn2)C1c1cccc(F)c1. The summed E-state index contributed by atoms with van der Waals surface area (Å²) in [7, 11) is 0. The van der Waals surface area contributed by atoms with E-state index in [1.807, 2.05) is 6.07 Å². The van der Waals surface area contributed by atoms with Crippen molar-refractivity contribution in [2.45, 2.75) is 25.9 Å². The molecule has 2 aromatic rings. The van der Waals surface area contributed by atoms with Crippen LogP contribution in [0.4, 0.5) is 4.39 Å². The fourth-order valence-corrected chi connectivity index (χ4v) is 2.91. The van der Waals surface area contributed by atoms with Crippen molar-refractivity contribution in [2.24, 2.45) is 5.92 Å². The lowest BCUT2D eigenvalue weighted by molar-refractivity contribution is -0.133.